The highest BCUT2D eigenvalue weighted by Crippen LogP contribution is 2.31. The first-order chi connectivity index (χ1) is 15.3. The van der Waals surface area contributed by atoms with Gasteiger partial charge in [0.2, 0.25) is 5.91 Å². The number of carbonyl (C=O) groups excluding carboxylic acids is 1. The van der Waals surface area contributed by atoms with E-state index in [2.05, 4.69) is 27.4 Å². The first-order valence-corrected chi connectivity index (χ1v) is 11.6. The molecule has 1 amide bonds. The molecule has 0 saturated carbocycles. The highest BCUT2D eigenvalue weighted by molar-refractivity contribution is 5.76. The summed E-state index contributed by atoms with van der Waals surface area (Å²) < 4.78 is 13.3. The lowest BCUT2D eigenvalue weighted by molar-refractivity contribution is -0.122. The van der Waals surface area contributed by atoms with Gasteiger partial charge in [0.1, 0.15) is 13.2 Å². The Kier molecular flexibility index (Phi) is 7.82. The Bertz CT molecular complexity index is 818. The summed E-state index contributed by atoms with van der Waals surface area (Å²) in [7, 11) is 0. The second-order valence-corrected chi connectivity index (χ2v) is 8.53. The number of fused-ring (bicyclic) bond motifs is 1. The third-order valence-electron chi connectivity index (χ3n) is 5.98. The summed E-state index contributed by atoms with van der Waals surface area (Å²) >= 11 is 0. The summed E-state index contributed by atoms with van der Waals surface area (Å²) in [6, 6.07) is 8.18. The molecule has 0 unspecified atom stereocenters. The van der Waals surface area contributed by atoms with E-state index in [4.69, 9.17) is 9.47 Å². The van der Waals surface area contributed by atoms with Crippen molar-refractivity contribution in [1.29, 1.82) is 0 Å². The minimum Gasteiger partial charge on any atom is -0.486 e. The lowest BCUT2D eigenvalue weighted by Gasteiger charge is -2.25. The average Bonchev–Trinajstić information content (AvgIpc) is 3.48. The number of ether oxygens (including phenoxy) is 2. The van der Waals surface area contributed by atoms with E-state index in [0.717, 1.165) is 63.4 Å². The lowest BCUT2D eigenvalue weighted by atomic mass is 10.0. The first kappa shape index (κ1) is 21.7. The minimum atomic E-state index is 0.109. The number of rotatable bonds is 11. The molecule has 2 aliphatic rings. The number of nitrogens with one attached hydrogen (secondary N) is 1. The summed E-state index contributed by atoms with van der Waals surface area (Å²) in [4.78, 5) is 15.1. The summed E-state index contributed by atoms with van der Waals surface area (Å²) in [5.41, 5.74) is 1.17. The van der Waals surface area contributed by atoms with Crippen molar-refractivity contribution in [3.8, 4) is 11.5 Å². The molecule has 0 aliphatic carbocycles. The number of aromatic nitrogens is 2. The number of likely N-dealkylation sites (tertiary alicyclic amines) is 1. The number of benzene rings is 1. The van der Waals surface area contributed by atoms with Crippen molar-refractivity contribution in [2.45, 2.75) is 57.5 Å². The zero-order valence-corrected chi connectivity index (χ0v) is 18.3. The molecule has 1 saturated heterocycles. The van der Waals surface area contributed by atoms with Gasteiger partial charge in [-0.05, 0) is 69.0 Å². The number of hydrogen-bond acceptors (Lipinski definition) is 5. The summed E-state index contributed by atoms with van der Waals surface area (Å²) in [5.74, 6) is 1.78. The maximum atomic E-state index is 12.7. The standard InChI is InChI=1S/C24H34N4O3/c29-24(7-2-1-3-13-28-14-6-10-25-28)26-21(19-27-11-4-5-12-27)17-20-8-9-22-23(18-20)31-16-15-30-22/h6,8-10,14,18,21H,1-5,7,11-13,15-17,19H2,(H,26,29)/t21-/m0/s1. The van der Waals surface area contributed by atoms with Crippen LogP contribution >= 0.6 is 0 Å². The zero-order valence-electron chi connectivity index (χ0n) is 18.3. The fraction of sp³-hybridized carbons (Fsp3) is 0.583. The van der Waals surface area contributed by atoms with Crippen molar-refractivity contribution < 1.29 is 14.3 Å². The van der Waals surface area contributed by atoms with E-state index >= 15 is 0 Å². The van der Waals surface area contributed by atoms with E-state index in [-0.39, 0.29) is 11.9 Å². The van der Waals surface area contributed by atoms with Crippen LogP contribution in [-0.2, 0) is 17.8 Å². The maximum Gasteiger partial charge on any atom is 0.220 e. The van der Waals surface area contributed by atoms with Crippen molar-refractivity contribution in [3.05, 3.63) is 42.2 Å². The van der Waals surface area contributed by atoms with Crippen LogP contribution in [0.15, 0.2) is 36.7 Å². The quantitative estimate of drug-likeness (QED) is 0.560. The molecular weight excluding hydrogens is 392 g/mol. The van der Waals surface area contributed by atoms with Crippen LogP contribution < -0.4 is 14.8 Å². The van der Waals surface area contributed by atoms with E-state index in [1.807, 2.05) is 23.0 Å². The van der Waals surface area contributed by atoms with Crippen LogP contribution in [-0.4, -0.2) is 59.5 Å². The monoisotopic (exact) mass is 426 g/mol. The van der Waals surface area contributed by atoms with Gasteiger partial charge >= 0.3 is 0 Å². The second kappa shape index (κ2) is 11.2. The average molecular weight is 427 g/mol. The van der Waals surface area contributed by atoms with Crippen molar-refractivity contribution >= 4 is 5.91 Å². The Morgan fingerprint density at radius 3 is 2.74 bits per heavy atom. The Labute approximate surface area is 184 Å². The first-order valence-electron chi connectivity index (χ1n) is 11.6. The van der Waals surface area contributed by atoms with Gasteiger partial charge in [-0.2, -0.15) is 5.10 Å². The highest BCUT2D eigenvalue weighted by Gasteiger charge is 2.21. The molecule has 1 aromatic heterocycles. The van der Waals surface area contributed by atoms with Gasteiger partial charge in [-0.15, -0.1) is 0 Å². The number of nitrogens with zero attached hydrogens (tertiary/aromatic N) is 3. The predicted octanol–water partition coefficient (Wildman–Crippen LogP) is 3.04. The van der Waals surface area contributed by atoms with Crippen LogP contribution in [0.5, 0.6) is 11.5 Å². The Hall–Kier alpha value is -2.54. The number of unbranched alkanes of at least 4 members (excludes halogenated alkanes) is 2. The molecule has 7 heteroatoms. The molecule has 4 rings (SSSR count). The van der Waals surface area contributed by atoms with E-state index in [1.54, 1.807) is 6.20 Å². The molecule has 0 spiro atoms. The van der Waals surface area contributed by atoms with Gasteiger partial charge in [0.05, 0.1) is 0 Å². The summed E-state index contributed by atoms with van der Waals surface area (Å²) in [5, 5.41) is 7.53. The number of aryl methyl sites for hydroxylation is 1. The van der Waals surface area contributed by atoms with Gasteiger partial charge in [-0.1, -0.05) is 12.5 Å². The Balaban J connectivity index is 1.26. The molecule has 168 valence electrons. The summed E-state index contributed by atoms with van der Waals surface area (Å²) in [6.07, 6.45) is 10.7. The normalized spacial score (nSPS) is 16.9. The zero-order chi connectivity index (χ0) is 21.3. The van der Waals surface area contributed by atoms with Gasteiger partial charge in [-0.3, -0.25) is 9.48 Å². The van der Waals surface area contributed by atoms with E-state index in [1.165, 1.54) is 18.4 Å². The van der Waals surface area contributed by atoms with Crippen LogP contribution in [0.2, 0.25) is 0 Å². The van der Waals surface area contributed by atoms with Crippen molar-refractivity contribution in [3.63, 3.8) is 0 Å². The van der Waals surface area contributed by atoms with Crippen molar-refractivity contribution in [2.24, 2.45) is 0 Å². The third-order valence-corrected chi connectivity index (χ3v) is 5.98. The van der Waals surface area contributed by atoms with Crippen LogP contribution in [0.1, 0.15) is 44.1 Å². The lowest BCUT2D eigenvalue weighted by Crippen LogP contribution is -2.44. The predicted molar refractivity (Wildman–Crippen MR) is 119 cm³/mol. The molecule has 1 atom stereocenters. The van der Waals surface area contributed by atoms with Crippen molar-refractivity contribution in [1.82, 2.24) is 20.0 Å². The number of hydrogen-bond donors (Lipinski definition) is 1. The number of carbonyl (C=O) groups is 1. The van der Waals surface area contributed by atoms with E-state index in [0.29, 0.717) is 19.6 Å². The van der Waals surface area contributed by atoms with Crippen LogP contribution in [0.4, 0.5) is 0 Å². The third kappa shape index (κ3) is 6.72. The van der Waals surface area contributed by atoms with Crippen LogP contribution in [0.3, 0.4) is 0 Å². The molecule has 1 aromatic carbocycles. The smallest absolute Gasteiger partial charge is 0.220 e. The summed E-state index contributed by atoms with van der Waals surface area (Å²) in [6.45, 7) is 5.25. The van der Waals surface area contributed by atoms with E-state index < -0.39 is 0 Å². The molecule has 31 heavy (non-hydrogen) atoms. The maximum absolute atomic E-state index is 12.7. The molecule has 2 aliphatic heterocycles. The largest absolute Gasteiger partial charge is 0.486 e. The van der Waals surface area contributed by atoms with Crippen molar-refractivity contribution in [2.75, 3.05) is 32.8 Å². The molecule has 7 nitrogen and oxygen atoms in total. The van der Waals surface area contributed by atoms with Gasteiger partial charge in [0.25, 0.3) is 0 Å². The minimum absolute atomic E-state index is 0.109. The second-order valence-electron chi connectivity index (χ2n) is 8.53. The van der Waals surface area contributed by atoms with E-state index in [9.17, 15) is 4.79 Å². The van der Waals surface area contributed by atoms with Crippen LogP contribution in [0.25, 0.3) is 0 Å². The van der Waals surface area contributed by atoms with Gasteiger partial charge in [-0.25, -0.2) is 0 Å². The topological polar surface area (TPSA) is 68.6 Å². The molecule has 1 N–H and O–H groups in total. The van der Waals surface area contributed by atoms with Gasteiger partial charge in [0, 0.05) is 37.9 Å². The highest BCUT2D eigenvalue weighted by atomic mass is 16.6. The number of amides is 1. The molecular formula is C24H34N4O3. The fourth-order valence-corrected chi connectivity index (χ4v) is 4.41. The molecule has 0 bridgehead atoms. The Morgan fingerprint density at radius 2 is 1.94 bits per heavy atom. The molecule has 1 fully saturated rings. The fourth-order valence-electron chi connectivity index (χ4n) is 4.41. The van der Waals surface area contributed by atoms with Gasteiger partial charge < -0.3 is 19.7 Å². The molecule has 2 aromatic rings. The molecule has 0 radical (unpaired) electrons. The Morgan fingerprint density at radius 1 is 1.10 bits per heavy atom. The molecule has 3 heterocycles. The van der Waals surface area contributed by atoms with Gasteiger partial charge in [0.15, 0.2) is 11.5 Å². The van der Waals surface area contributed by atoms with Crippen LogP contribution in [0, 0.1) is 0 Å². The SMILES string of the molecule is O=C(CCCCCn1cccn1)N[C@@H](Cc1ccc2c(c1)OCCO2)CN1CCCC1.